The molecule has 0 bridgehead atoms. The third-order valence-corrected chi connectivity index (χ3v) is 3.61. The van der Waals surface area contributed by atoms with Gasteiger partial charge in [-0.3, -0.25) is 0 Å². The van der Waals surface area contributed by atoms with Gasteiger partial charge in [0.1, 0.15) is 0 Å². The van der Waals surface area contributed by atoms with Crippen LogP contribution in [0.5, 0.6) is 0 Å². The highest BCUT2D eigenvalue weighted by Crippen LogP contribution is 2.19. The first kappa shape index (κ1) is 15.4. The van der Waals surface area contributed by atoms with Crippen molar-refractivity contribution in [3.63, 3.8) is 0 Å². The molecule has 0 saturated carbocycles. The van der Waals surface area contributed by atoms with Crippen molar-refractivity contribution in [1.82, 2.24) is 15.5 Å². The molecule has 2 aromatic carbocycles. The summed E-state index contributed by atoms with van der Waals surface area (Å²) in [6, 6.07) is 19.8. The highest BCUT2D eigenvalue weighted by atomic mass is 16.4. The second-order valence-electron chi connectivity index (χ2n) is 5.22. The maximum Gasteiger partial charge on any atom is 0.247 e. The predicted molar refractivity (Wildman–Crippen MR) is 87.5 cm³/mol. The van der Waals surface area contributed by atoms with Crippen LogP contribution in [0.15, 0.2) is 65.1 Å². The fourth-order valence-electron chi connectivity index (χ4n) is 2.43. The minimum absolute atomic E-state index is 0.0493. The zero-order valence-corrected chi connectivity index (χ0v) is 12.7. The predicted octanol–water partition coefficient (Wildman–Crippen LogP) is 2.95. The lowest BCUT2D eigenvalue weighted by Gasteiger charge is -2.17. The third kappa shape index (κ3) is 4.03. The lowest BCUT2D eigenvalue weighted by Crippen LogP contribution is -2.22. The second-order valence-corrected chi connectivity index (χ2v) is 5.22. The van der Waals surface area contributed by atoms with Crippen LogP contribution in [0, 0.1) is 0 Å². The SMILES string of the molecule is OCCC(NCc1nnc(-c2ccccc2)o1)c1ccccc1. The summed E-state index contributed by atoms with van der Waals surface area (Å²) in [6.07, 6.45) is 0.629. The van der Waals surface area contributed by atoms with E-state index in [4.69, 9.17) is 4.42 Å². The Morgan fingerprint density at radius 2 is 1.65 bits per heavy atom. The van der Waals surface area contributed by atoms with E-state index in [9.17, 15) is 5.11 Å². The summed E-state index contributed by atoms with van der Waals surface area (Å²) in [5.41, 5.74) is 2.03. The number of nitrogens with zero attached hydrogens (tertiary/aromatic N) is 2. The fourth-order valence-corrected chi connectivity index (χ4v) is 2.43. The van der Waals surface area contributed by atoms with Gasteiger partial charge in [0, 0.05) is 18.2 Å². The minimum atomic E-state index is 0.0493. The first-order valence-corrected chi connectivity index (χ1v) is 7.64. The Morgan fingerprint density at radius 3 is 2.35 bits per heavy atom. The van der Waals surface area contributed by atoms with Crippen molar-refractivity contribution in [2.75, 3.05) is 6.61 Å². The van der Waals surface area contributed by atoms with Gasteiger partial charge in [-0.2, -0.15) is 0 Å². The lowest BCUT2D eigenvalue weighted by atomic mass is 10.0. The average Bonchev–Trinajstić information content (AvgIpc) is 3.09. The molecule has 0 amide bonds. The molecule has 118 valence electrons. The molecule has 0 spiro atoms. The summed E-state index contributed by atoms with van der Waals surface area (Å²) in [4.78, 5) is 0. The van der Waals surface area contributed by atoms with Gasteiger partial charge in [0.05, 0.1) is 6.54 Å². The van der Waals surface area contributed by atoms with Crippen molar-refractivity contribution in [3.8, 4) is 11.5 Å². The zero-order chi connectivity index (χ0) is 15.9. The molecule has 3 aromatic rings. The highest BCUT2D eigenvalue weighted by molar-refractivity contribution is 5.51. The van der Waals surface area contributed by atoms with Crippen LogP contribution < -0.4 is 5.32 Å². The van der Waals surface area contributed by atoms with Crippen LogP contribution in [-0.4, -0.2) is 21.9 Å². The van der Waals surface area contributed by atoms with Crippen LogP contribution in [0.25, 0.3) is 11.5 Å². The summed E-state index contributed by atoms with van der Waals surface area (Å²) < 4.78 is 5.69. The maximum absolute atomic E-state index is 9.26. The van der Waals surface area contributed by atoms with Gasteiger partial charge in [-0.15, -0.1) is 10.2 Å². The molecule has 3 rings (SSSR count). The highest BCUT2D eigenvalue weighted by Gasteiger charge is 2.13. The Labute approximate surface area is 135 Å². The molecule has 0 aliphatic rings. The first-order valence-electron chi connectivity index (χ1n) is 7.64. The summed E-state index contributed by atoms with van der Waals surface area (Å²) in [5.74, 6) is 1.04. The van der Waals surface area contributed by atoms with E-state index >= 15 is 0 Å². The Morgan fingerprint density at radius 1 is 0.957 bits per heavy atom. The molecular weight excluding hydrogens is 290 g/mol. The number of aromatic nitrogens is 2. The molecule has 1 aromatic heterocycles. The molecule has 5 heteroatoms. The van der Waals surface area contributed by atoms with Gasteiger partial charge in [-0.25, -0.2) is 0 Å². The number of rotatable bonds is 7. The van der Waals surface area contributed by atoms with E-state index in [1.807, 2.05) is 60.7 Å². The fraction of sp³-hybridized carbons (Fsp3) is 0.222. The van der Waals surface area contributed by atoms with Crippen LogP contribution in [0.2, 0.25) is 0 Å². The molecule has 0 radical (unpaired) electrons. The van der Waals surface area contributed by atoms with Crippen molar-refractivity contribution >= 4 is 0 Å². The van der Waals surface area contributed by atoms with Crippen LogP contribution in [0.1, 0.15) is 23.9 Å². The molecule has 0 fully saturated rings. The van der Waals surface area contributed by atoms with E-state index in [0.717, 1.165) is 11.1 Å². The van der Waals surface area contributed by atoms with Gasteiger partial charge < -0.3 is 14.8 Å². The molecular formula is C18H19N3O2. The first-order chi connectivity index (χ1) is 11.4. The van der Waals surface area contributed by atoms with E-state index in [-0.39, 0.29) is 12.6 Å². The number of hydrogen-bond donors (Lipinski definition) is 2. The normalized spacial score (nSPS) is 12.2. The molecule has 5 nitrogen and oxygen atoms in total. The average molecular weight is 309 g/mol. The van der Waals surface area contributed by atoms with Gasteiger partial charge >= 0.3 is 0 Å². The van der Waals surface area contributed by atoms with Crippen molar-refractivity contribution in [1.29, 1.82) is 0 Å². The quantitative estimate of drug-likeness (QED) is 0.702. The Balaban J connectivity index is 1.66. The van der Waals surface area contributed by atoms with Crippen molar-refractivity contribution < 1.29 is 9.52 Å². The Kier molecular flexibility index (Phi) is 5.13. The Hall–Kier alpha value is -2.50. The van der Waals surface area contributed by atoms with Crippen LogP contribution >= 0.6 is 0 Å². The van der Waals surface area contributed by atoms with Crippen LogP contribution in [0.3, 0.4) is 0 Å². The van der Waals surface area contributed by atoms with Gasteiger partial charge in [-0.1, -0.05) is 48.5 Å². The van der Waals surface area contributed by atoms with Crippen molar-refractivity contribution in [2.24, 2.45) is 0 Å². The van der Waals surface area contributed by atoms with Gasteiger partial charge in [0.15, 0.2) is 0 Å². The summed E-state index contributed by atoms with van der Waals surface area (Å²) in [7, 11) is 0. The van der Waals surface area contributed by atoms with Crippen LogP contribution in [0.4, 0.5) is 0 Å². The van der Waals surface area contributed by atoms with Crippen molar-refractivity contribution in [2.45, 2.75) is 19.0 Å². The number of nitrogens with one attached hydrogen (secondary N) is 1. The van der Waals surface area contributed by atoms with Gasteiger partial charge in [0.25, 0.3) is 0 Å². The topological polar surface area (TPSA) is 71.2 Å². The molecule has 2 N–H and O–H groups in total. The van der Waals surface area contributed by atoms with E-state index in [0.29, 0.717) is 24.7 Å². The van der Waals surface area contributed by atoms with E-state index in [2.05, 4.69) is 15.5 Å². The van der Waals surface area contributed by atoms with Crippen molar-refractivity contribution in [3.05, 3.63) is 72.1 Å². The summed E-state index contributed by atoms with van der Waals surface area (Å²) in [5, 5.41) is 20.8. The molecule has 0 saturated heterocycles. The number of benzene rings is 2. The number of aliphatic hydroxyl groups excluding tert-OH is 1. The molecule has 23 heavy (non-hydrogen) atoms. The molecule has 0 aliphatic heterocycles. The van der Waals surface area contributed by atoms with E-state index in [1.165, 1.54) is 0 Å². The van der Waals surface area contributed by atoms with Crippen LogP contribution in [-0.2, 0) is 6.54 Å². The van der Waals surface area contributed by atoms with Gasteiger partial charge in [-0.05, 0) is 24.1 Å². The third-order valence-electron chi connectivity index (χ3n) is 3.61. The maximum atomic E-state index is 9.26. The zero-order valence-electron chi connectivity index (χ0n) is 12.7. The van der Waals surface area contributed by atoms with Gasteiger partial charge in [0.2, 0.25) is 11.8 Å². The summed E-state index contributed by atoms with van der Waals surface area (Å²) in [6.45, 7) is 0.574. The molecule has 1 unspecified atom stereocenters. The molecule has 0 aliphatic carbocycles. The smallest absolute Gasteiger partial charge is 0.247 e. The molecule has 1 heterocycles. The number of aliphatic hydroxyl groups is 1. The monoisotopic (exact) mass is 309 g/mol. The summed E-state index contributed by atoms with van der Waals surface area (Å²) >= 11 is 0. The number of hydrogen-bond acceptors (Lipinski definition) is 5. The largest absolute Gasteiger partial charge is 0.419 e. The minimum Gasteiger partial charge on any atom is -0.419 e. The lowest BCUT2D eigenvalue weighted by molar-refractivity contribution is 0.263. The van der Waals surface area contributed by atoms with E-state index < -0.39 is 0 Å². The molecule has 1 atom stereocenters. The Bertz CT molecular complexity index is 713. The van der Waals surface area contributed by atoms with E-state index in [1.54, 1.807) is 0 Å². The second kappa shape index (κ2) is 7.67. The standard InChI is InChI=1S/C18H19N3O2/c22-12-11-16(14-7-3-1-4-8-14)19-13-17-20-21-18(23-17)15-9-5-2-6-10-15/h1-10,16,19,22H,11-13H2.